The zero-order valence-electron chi connectivity index (χ0n) is 17.2. The third-order valence-corrected chi connectivity index (χ3v) is 5.75. The Balaban J connectivity index is 1.66. The molecule has 7 heteroatoms. The molecule has 1 heterocycles. The van der Waals surface area contributed by atoms with E-state index in [0.29, 0.717) is 28.5 Å². The minimum atomic E-state index is -0.327. The number of amides is 1. The number of nitrogens with one attached hydrogen (secondary N) is 1. The van der Waals surface area contributed by atoms with Crippen LogP contribution in [0.15, 0.2) is 77.9 Å². The number of halogens is 2. The van der Waals surface area contributed by atoms with Crippen molar-refractivity contribution >= 4 is 57.2 Å². The first-order chi connectivity index (χ1) is 15.6. The molecule has 3 aromatic carbocycles. The average Bonchev–Trinajstić information content (AvgIpc) is 2.81. The summed E-state index contributed by atoms with van der Waals surface area (Å²) in [5.74, 6) is 0.350. The zero-order valence-corrected chi connectivity index (χ0v) is 20.1. The second kappa shape index (κ2) is 10.1. The third-order valence-electron chi connectivity index (χ3n) is 4.73. The summed E-state index contributed by atoms with van der Waals surface area (Å²) in [7, 11) is 0. The van der Waals surface area contributed by atoms with Gasteiger partial charge in [0, 0.05) is 21.5 Å². The van der Waals surface area contributed by atoms with Gasteiger partial charge in [-0.05, 0) is 53.8 Å². The van der Waals surface area contributed by atoms with Gasteiger partial charge in [0.15, 0.2) is 0 Å². The van der Waals surface area contributed by atoms with Crippen molar-refractivity contribution in [1.82, 2.24) is 10.4 Å². The Kier molecular flexibility index (Phi) is 7.02. The number of hydrazone groups is 1. The molecule has 1 amide bonds. The van der Waals surface area contributed by atoms with E-state index in [9.17, 15) is 4.79 Å². The van der Waals surface area contributed by atoms with Crippen molar-refractivity contribution in [3.05, 3.63) is 92.5 Å². The van der Waals surface area contributed by atoms with Gasteiger partial charge in [-0.3, -0.25) is 4.79 Å². The predicted molar refractivity (Wildman–Crippen MR) is 138 cm³/mol. The van der Waals surface area contributed by atoms with Crippen LogP contribution in [-0.2, 0) is 0 Å². The van der Waals surface area contributed by atoms with E-state index < -0.39 is 0 Å². The van der Waals surface area contributed by atoms with Crippen LogP contribution in [-0.4, -0.2) is 23.7 Å². The largest absolute Gasteiger partial charge is 0.492 e. The predicted octanol–water partition coefficient (Wildman–Crippen LogP) is 6.32. The summed E-state index contributed by atoms with van der Waals surface area (Å²) in [4.78, 5) is 17.8. The van der Waals surface area contributed by atoms with Crippen LogP contribution in [0.25, 0.3) is 22.2 Å². The summed E-state index contributed by atoms with van der Waals surface area (Å²) in [6.07, 6.45) is 1.54. The Morgan fingerprint density at radius 2 is 1.88 bits per heavy atom. The van der Waals surface area contributed by atoms with Crippen LogP contribution >= 0.6 is 34.2 Å². The maximum atomic E-state index is 13.1. The Morgan fingerprint density at radius 1 is 1.12 bits per heavy atom. The van der Waals surface area contributed by atoms with Crippen molar-refractivity contribution in [2.24, 2.45) is 5.10 Å². The van der Waals surface area contributed by atoms with E-state index in [0.717, 1.165) is 25.7 Å². The molecular weight excluding hydrogens is 537 g/mol. The molecule has 0 bridgehead atoms. The van der Waals surface area contributed by atoms with Crippen LogP contribution in [0.3, 0.4) is 0 Å². The number of carbonyl (C=O) groups is 1. The second-order valence-corrected chi connectivity index (χ2v) is 8.47. The molecule has 0 spiro atoms. The van der Waals surface area contributed by atoms with E-state index in [1.165, 1.54) is 0 Å². The van der Waals surface area contributed by atoms with Gasteiger partial charge < -0.3 is 4.74 Å². The average molecular weight is 556 g/mol. The van der Waals surface area contributed by atoms with Crippen molar-refractivity contribution in [3.8, 4) is 17.0 Å². The zero-order chi connectivity index (χ0) is 22.5. The molecule has 0 unspecified atom stereocenters. The van der Waals surface area contributed by atoms with Gasteiger partial charge in [-0.1, -0.05) is 60.1 Å². The number of fused-ring (bicyclic) bond motifs is 1. The number of hydrogen-bond acceptors (Lipinski definition) is 4. The number of carbonyl (C=O) groups excluding carboxylic acids is 1. The van der Waals surface area contributed by atoms with Gasteiger partial charge in [-0.25, -0.2) is 10.4 Å². The maximum Gasteiger partial charge on any atom is 0.272 e. The van der Waals surface area contributed by atoms with Crippen LogP contribution in [0.4, 0.5) is 0 Å². The van der Waals surface area contributed by atoms with Crippen LogP contribution in [0, 0.1) is 3.57 Å². The highest BCUT2D eigenvalue weighted by molar-refractivity contribution is 14.1. The summed E-state index contributed by atoms with van der Waals surface area (Å²) < 4.78 is 6.58. The number of rotatable bonds is 6. The minimum absolute atomic E-state index is 0.327. The highest BCUT2D eigenvalue weighted by atomic mass is 127. The second-order valence-electron chi connectivity index (χ2n) is 6.88. The number of ether oxygens (including phenoxy) is 1. The molecule has 0 fully saturated rings. The molecule has 0 aliphatic heterocycles. The Morgan fingerprint density at radius 3 is 2.66 bits per heavy atom. The number of hydrogen-bond donors (Lipinski definition) is 1. The van der Waals surface area contributed by atoms with Gasteiger partial charge in [-0.2, -0.15) is 5.10 Å². The number of para-hydroxylation sites is 1. The summed E-state index contributed by atoms with van der Waals surface area (Å²) in [6, 6.07) is 22.7. The standard InChI is InChI=1S/C25H19ClIN3O2/c1-2-32-24-17(12-18(26)13-21(24)27)15-28-30-25(31)20-14-23(16-8-4-3-5-9-16)29-22-11-7-6-10-19(20)22/h3-15H,2H2,1H3,(H,30,31)/b28-15-. The number of nitrogens with zero attached hydrogens (tertiary/aromatic N) is 2. The molecule has 0 aliphatic carbocycles. The van der Waals surface area contributed by atoms with Gasteiger partial charge >= 0.3 is 0 Å². The molecule has 0 saturated heterocycles. The van der Waals surface area contributed by atoms with Crippen LogP contribution in [0.5, 0.6) is 5.75 Å². The molecule has 0 saturated carbocycles. The molecule has 1 N–H and O–H groups in total. The fourth-order valence-corrected chi connectivity index (χ4v) is 4.53. The smallest absolute Gasteiger partial charge is 0.272 e. The molecule has 32 heavy (non-hydrogen) atoms. The lowest BCUT2D eigenvalue weighted by molar-refractivity contribution is 0.0956. The first-order valence-corrected chi connectivity index (χ1v) is 11.4. The van der Waals surface area contributed by atoms with Gasteiger partial charge in [0.05, 0.1) is 33.2 Å². The Bertz CT molecular complexity index is 1310. The van der Waals surface area contributed by atoms with E-state index in [1.54, 1.807) is 18.3 Å². The normalized spacial score (nSPS) is 11.1. The molecular formula is C25H19ClIN3O2. The van der Waals surface area contributed by atoms with Crippen molar-refractivity contribution in [3.63, 3.8) is 0 Å². The van der Waals surface area contributed by atoms with Gasteiger partial charge in [0.1, 0.15) is 5.75 Å². The van der Waals surface area contributed by atoms with Crippen molar-refractivity contribution in [2.75, 3.05) is 6.61 Å². The van der Waals surface area contributed by atoms with Gasteiger partial charge in [-0.15, -0.1) is 0 Å². The van der Waals surface area contributed by atoms with Crippen LogP contribution in [0.1, 0.15) is 22.8 Å². The topological polar surface area (TPSA) is 63.6 Å². The quantitative estimate of drug-likeness (QED) is 0.172. The number of aromatic nitrogens is 1. The molecule has 5 nitrogen and oxygen atoms in total. The lowest BCUT2D eigenvalue weighted by Gasteiger charge is -2.10. The number of benzene rings is 3. The van der Waals surface area contributed by atoms with Crippen molar-refractivity contribution in [1.29, 1.82) is 0 Å². The summed E-state index contributed by atoms with van der Waals surface area (Å²) >= 11 is 8.35. The van der Waals surface area contributed by atoms with Crippen molar-refractivity contribution < 1.29 is 9.53 Å². The van der Waals surface area contributed by atoms with Crippen molar-refractivity contribution in [2.45, 2.75) is 6.92 Å². The first-order valence-electron chi connectivity index (χ1n) is 9.97. The molecule has 4 rings (SSSR count). The summed E-state index contributed by atoms with van der Waals surface area (Å²) in [5, 5.41) is 5.49. The van der Waals surface area contributed by atoms with Crippen LogP contribution < -0.4 is 10.2 Å². The molecule has 1 aromatic heterocycles. The molecule has 0 atom stereocenters. The highest BCUT2D eigenvalue weighted by Gasteiger charge is 2.14. The number of pyridine rings is 1. The minimum Gasteiger partial charge on any atom is -0.492 e. The Labute approximate surface area is 204 Å². The van der Waals surface area contributed by atoms with E-state index >= 15 is 0 Å². The van der Waals surface area contributed by atoms with Crippen LogP contribution in [0.2, 0.25) is 5.02 Å². The van der Waals surface area contributed by atoms with E-state index in [1.807, 2.05) is 67.6 Å². The van der Waals surface area contributed by atoms with E-state index in [-0.39, 0.29) is 5.91 Å². The Hall–Kier alpha value is -2.97. The highest BCUT2D eigenvalue weighted by Crippen LogP contribution is 2.29. The lowest BCUT2D eigenvalue weighted by atomic mass is 10.0. The summed E-state index contributed by atoms with van der Waals surface area (Å²) in [5.41, 5.74) is 6.22. The van der Waals surface area contributed by atoms with E-state index in [4.69, 9.17) is 21.3 Å². The maximum absolute atomic E-state index is 13.1. The molecule has 4 aromatic rings. The monoisotopic (exact) mass is 555 g/mol. The third kappa shape index (κ3) is 4.92. The van der Waals surface area contributed by atoms with Gasteiger partial charge in [0.2, 0.25) is 0 Å². The SMILES string of the molecule is CCOc1c(I)cc(Cl)cc1/C=N\NC(=O)c1cc(-c2ccccc2)nc2ccccc12. The lowest BCUT2D eigenvalue weighted by Crippen LogP contribution is -2.18. The van der Waals surface area contributed by atoms with E-state index in [2.05, 4.69) is 33.1 Å². The van der Waals surface area contributed by atoms with Gasteiger partial charge in [0.25, 0.3) is 5.91 Å². The fraction of sp³-hybridized carbons (Fsp3) is 0.0800. The first kappa shape index (κ1) is 22.2. The summed E-state index contributed by atoms with van der Waals surface area (Å²) in [6.45, 7) is 2.42. The fourth-order valence-electron chi connectivity index (χ4n) is 3.31. The molecule has 0 radical (unpaired) electrons. The molecule has 160 valence electrons. The molecule has 0 aliphatic rings.